The van der Waals surface area contributed by atoms with Gasteiger partial charge in [-0.3, -0.25) is 4.90 Å². The summed E-state index contributed by atoms with van der Waals surface area (Å²) in [6.07, 6.45) is 7.39. The van der Waals surface area contributed by atoms with Crippen molar-refractivity contribution in [1.29, 1.82) is 5.26 Å². The minimum Gasteiger partial charge on any atom is -0.460 e. The molecular weight excluding hydrogens is 252 g/mol. The number of carbonyl (C=O) groups is 1. The lowest BCUT2D eigenvalue weighted by Gasteiger charge is -2.21. The molecule has 0 unspecified atom stereocenters. The van der Waals surface area contributed by atoms with Crippen LogP contribution in [0, 0.1) is 23.7 Å². The van der Waals surface area contributed by atoms with Gasteiger partial charge < -0.3 is 4.74 Å². The predicted octanol–water partition coefficient (Wildman–Crippen LogP) is 1.81. The normalized spacial score (nSPS) is 18.2. The molecule has 1 fully saturated rings. The van der Waals surface area contributed by atoms with Crippen molar-refractivity contribution in [2.24, 2.45) is 0 Å². The van der Waals surface area contributed by atoms with Crippen molar-refractivity contribution < 1.29 is 9.53 Å². The molecule has 0 radical (unpaired) electrons. The molecule has 0 amide bonds. The number of hydrogen-bond donors (Lipinski definition) is 0. The Balaban J connectivity index is 1.92. The number of hydrogen-bond acceptors (Lipinski definition) is 4. The smallest absolute Gasteiger partial charge is 0.338 e. The molecule has 2 rings (SSSR count). The molecule has 1 atom stereocenters. The Morgan fingerprint density at radius 3 is 3.15 bits per heavy atom. The van der Waals surface area contributed by atoms with Crippen LogP contribution in [0.15, 0.2) is 24.3 Å². The standard InChI is InChI=1S/C16H16N2O2/c1-2-8-18-9-4-7-15(18)12-20-16(19)14-6-3-5-13(10-14)11-17/h1,3,5-6,10,15H,4,7-9,12H2/t15-/m1/s1. The number of terminal acetylenes is 1. The molecule has 0 saturated carbocycles. The minimum atomic E-state index is -0.394. The summed E-state index contributed by atoms with van der Waals surface area (Å²) in [7, 11) is 0. The Morgan fingerprint density at radius 2 is 2.40 bits per heavy atom. The van der Waals surface area contributed by atoms with Gasteiger partial charge in [0.1, 0.15) is 6.61 Å². The second-order valence-corrected chi connectivity index (χ2v) is 4.76. The lowest BCUT2D eigenvalue weighted by atomic mass is 10.1. The zero-order chi connectivity index (χ0) is 14.4. The van der Waals surface area contributed by atoms with Gasteiger partial charge in [0.25, 0.3) is 0 Å². The number of likely N-dealkylation sites (tertiary alicyclic amines) is 1. The van der Waals surface area contributed by atoms with Gasteiger partial charge in [-0.05, 0) is 37.6 Å². The minimum absolute atomic E-state index is 0.203. The van der Waals surface area contributed by atoms with Crippen molar-refractivity contribution in [2.75, 3.05) is 19.7 Å². The first kappa shape index (κ1) is 14.1. The Labute approximate surface area is 119 Å². The highest BCUT2D eigenvalue weighted by atomic mass is 16.5. The predicted molar refractivity (Wildman–Crippen MR) is 74.9 cm³/mol. The molecule has 0 spiro atoms. The van der Waals surface area contributed by atoms with Gasteiger partial charge >= 0.3 is 5.97 Å². The first-order valence-corrected chi connectivity index (χ1v) is 6.59. The number of ether oxygens (including phenoxy) is 1. The van der Waals surface area contributed by atoms with Crippen LogP contribution in [0.2, 0.25) is 0 Å². The van der Waals surface area contributed by atoms with E-state index < -0.39 is 5.97 Å². The first-order chi connectivity index (χ1) is 9.74. The second-order valence-electron chi connectivity index (χ2n) is 4.76. The summed E-state index contributed by atoms with van der Waals surface area (Å²) in [5.74, 6) is 2.23. The van der Waals surface area contributed by atoms with Crippen LogP contribution in [-0.2, 0) is 4.74 Å². The summed E-state index contributed by atoms with van der Waals surface area (Å²) < 4.78 is 5.33. The summed E-state index contributed by atoms with van der Waals surface area (Å²) in [4.78, 5) is 14.1. The zero-order valence-corrected chi connectivity index (χ0v) is 11.2. The molecule has 1 aliphatic heterocycles. The van der Waals surface area contributed by atoms with Gasteiger partial charge in [-0.2, -0.15) is 5.26 Å². The van der Waals surface area contributed by atoms with Gasteiger partial charge in [-0.15, -0.1) is 6.42 Å². The Kier molecular flexibility index (Phi) is 4.76. The lowest BCUT2D eigenvalue weighted by Crippen LogP contribution is -2.34. The third kappa shape index (κ3) is 3.38. The van der Waals surface area contributed by atoms with E-state index in [-0.39, 0.29) is 6.04 Å². The zero-order valence-electron chi connectivity index (χ0n) is 11.2. The van der Waals surface area contributed by atoms with Gasteiger partial charge in [0.15, 0.2) is 0 Å². The van der Waals surface area contributed by atoms with E-state index in [2.05, 4.69) is 10.8 Å². The van der Waals surface area contributed by atoms with Crippen LogP contribution < -0.4 is 0 Å². The van der Waals surface area contributed by atoms with Crippen LogP contribution in [0.1, 0.15) is 28.8 Å². The number of nitrogens with zero attached hydrogens (tertiary/aromatic N) is 2. The molecule has 1 heterocycles. The number of carbonyl (C=O) groups excluding carboxylic acids is 1. The van der Waals surface area contributed by atoms with Gasteiger partial charge in [0.05, 0.1) is 23.7 Å². The molecule has 20 heavy (non-hydrogen) atoms. The van der Waals surface area contributed by atoms with Gasteiger partial charge in [-0.1, -0.05) is 12.0 Å². The van der Waals surface area contributed by atoms with E-state index in [1.54, 1.807) is 18.2 Å². The fourth-order valence-corrected chi connectivity index (χ4v) is 2.38. The first-order valence-electron chi connectivity index (χ1n) is 6.59. The van der Waals surface area contributed by atoms with E-state index in [0.717, 1.165) is 19.4 Å². The van der Waals surface area contributed by atoms with Crippen LogP contribution in [0.25, 0.3) is 0 Å². The van der Waals surface area contributed by atoms with Crippen LogP contribution in [-0.4, -0.2) is 36.6 Å². The quantitative estimate of drug-likeness (QED) is 0.617. The largest absolute Gasteiger partial charge is 0.460 e. The summed E-state index contributed by atoms with van der Waals surface area (Å²) in [6, 6.07) is 8.73. The third-order valence-electron chi connectivity index (χ3n) is 3.43. The summed E-state index contributed by atoms with van der Waals surface area (Å²) in [5.41, 5.74) is 0.861. The molecule has 4 heteroatoms. The molecule has 0 bridgehead atoms. The number of esters is 1. The molecule has 1 aromatic rings. The van der Waals surface area contributed by atoms with E-state index in [9.17, 15) is 4.79 Å². The SMILES string of the molecule is C#CCN1CCC[C@@H]1COC(=O)c1cccc(C#N)c1. The molecule has 1 aliphatic rings. The van der Waals surface area contributed by atoms with Crippen molar-refractivity contribution in [1.82, 2.24) is 4.90 Å². The maximum Gasteiger partial charge on any atom is 0.338 e. The average Bonchev–Trinajstić information content (AvgIpc) is 2.92. The van der Waals surface area contributed by atoms with E-state index >= 15 is 0 Å². The molecule has 0 N–H and O–H groups in total. The highest BCUT2D eigenvalue weighted by Gasteiger charge is 2.25. The van der Waals surface area contributed by atoms with Gasteiger partial charge in [-0.25, -0.2) is 4.79 Å². The third-order valence-corrected chi connectivity index (χ3v) is 3.43. The molecule has 4 nitrogen and oxygen atoms in total. The number of benzene rings is 1. The maximum absolute atomic E-state index is 11.9. The molecule has 1 saturated heterocycles. The second kappa shape index (κ2) is 6.75. The molecule has 0 aromatic heterocycles. The van der Waals surface area contributed by atoms with Crippen molar-refractivity contribution in [3.05, 3.63) is 35.4 Å². The molecule has 1 aromatic carbocycles. The Morgan fingerprint density at radius 1 is 1.55 bits per heavy atom. The lowest BCUT2D eigenvalue weighted by molar-refractivity contribution is 0.0407. The van der Waals surface area contributed by atoms with Crippen molar-refractivity contribution in [3.8, 4) is 18.4 Å². The average molecular weight is 268 g/mol. The highest BCUT2D eigenvalue weighted by Crippen LogP contribution is 2.17. The topological polar surface area (TPSA) is 53.3 Å². The maximum atomic E-state index is 11.9. The van der Waals surface area contributed by atoms with Crippen LogP contribution in [0.3, 0.4) is 0 Å². The van der Waals surface area contributed by atoms with Crippen molar-refractivity contribution in [2.45, 2.75) is 18.9 Å². The highest BCUT2D eigenvalue weighted by molar-refractivity contribution is 5.89. The summed E-state index contributed by atoms with van der Waals surface area (Å²) >= 11 is 0. The van der Waals surface area contributed by atoms with E-state index in [1.807, 2.05) is 6.07 Å². The van der Waals surface area contributed by atoms with Gasteiger partial charge in [0.2, 0.25) is 0 Å². The fourth-order valence-electron chi connectivity index (χ4n) is 2.38. The fraction of sp³-hybridized carbons (Fsp3) is 0.375. The number of rotatable bonds is 4. The van der Waals surface area contributed by atoms with E-state index in [4.69, 9.17) is 16.4 Å². The molecular formula is C16H16N2O2. The summed E-state index contributed by atoms with van der Waals surface area (Å²) in [5, 5.41) is 8.81. The van der Waals surface area contributed by atoms with Crippen LogP contribution >= 0.6 is 0 Å². The van der Waals surface area contributed by atoms with Crippen LogP contribution in [0.5, 0.6) is 0 Å². The van der Waals surface area contributed by atoms with Crippen molar-refractivity contribution in [3.63, 3.8) is 0 Å². The van der Waals surface area contributed by atoms with E-state index in [1.165, 1.54) is 6.07 Å². The molecule has 0 aliphatic carbocycles. The van der Waals surface area contributed by atoms with Gasteiger partial charge in [0, 0.05) is 6.04 Å². The Bertz CT molecular complexity index is 569. The number of nitriles is 1. The summed E-state index contributed by atoms with van der Waals surface area (Å²) in [6.45, 7) is 1.89. The van der Waals surface area contributed by atoms with E-state index in [0.29, 0.717) is 24.3 Å². The Hall–Kier alpha value is -2.30. The van der Waals surface area contributed by atoms with Crippen LogP contribution in [0.4, 0.5) is 0 Å². The molecule has 102 valence electrons. The van der Waals surface area contributed by atoms with Crippen molar-refractivity contribution >= 4 is 5.97 Å². The monoisotopic (exact) mass is 268 g/mol.